The first-order chi connectivity index (χ1) is 9.66. The molecule has 2 rings (SSSR count). The van der Waals surface area contributed by atoms with E-state index < -0.39 is 7.12 Å². The van der Waals surface area contributed by atoms with Gasteiger partial charge in [0.2, 0.25) is 0 Å². The molecule has 1 saturated carbocycles. The first-order valence-electron chi connectivity index (χ1n) is 7.73. The van der Waals surface area contributed by atoms with Crippen molar-refractivity contribution in [3.8, 4) is 0 Å². The molecule has 1 aromatic rings. The van der Waals surface area contributed by atoms with Crippen LogP contribution in [0.2, 0.25) is 6.32 Å². The molecule has 1 aliphatic rings. The Labute approximate surface area is 122 Å². The Morgan fingerprint density at radius 3 is 2.30 bits per heavy atom. The minimum atomic E-state index is -1.21. The Morgan fingerprint density at radius 1 is 1.10 bits per heavy atom. The average Bonchev–Trinajstić information content (AvgIpc) is 2.47. The van der Waals surface area contributed by atoms with Crippen LogP contribution in [-0.2, 0) is 11.8 Å². The summed E-state index contributed by atoms with van der Waals surface area (Å²) in [6.45, 7) is 3.94. The van der Waals surface area contributed by atoms with Crippen LogP contribution in [-0.4, -0.2) is 17.2 Å². The molecule has 0 aliphatic heterocycles. The zero-order chi connectivity index (χ0) is 14.4. The fraction of sp³-hybridized carbons (Fsp3) is 0.529. The summed E-state index contributed by atoms with van der Waals surface area (Å²) in [6, 6.07) is 8.73. The molecule has 2 N–H and O–H groups in total. The van der Waals surface area contributed by atoms with Crippen LogP contribution < -0.4 is 0 Å². The van der Waals surface area contributed by atoms with Gasteiger partial charge >= 0.3 is 7.12 Å². The second kappa shape index (κ2) is 7.10. The van der Waals surface area contributed by atoms with Crippen LogP contribution >= 0.6 is 0 Å². The fourth-order valence-corrected chi connectivity index (χ4v) is 3.44. The Bertz CT molecular complexity index is 419. The van der Waals surface area contributed by atoms with Gasteiger partial charge in [0.1, 0.15) is 0 Å². The van der Waals surface area contributed by atoms with E-state index in [2.05, 4.69) is 36.9 Å². The van der Waals surface area contributed by atoms with Crippen molar-refractivity contribution in [3.05, 3.63) is 48.0 Å². The van der Waals surface area contributed by atoms with Gasteiger partial charge in [0.15, 0.2) is 0 Å². The minimum absolute atomic E-state index is 0.287. The highest BCUT2D eigenvalue weighted by Crippen LogP contribution is 2.42. The number of hydrogen-bond donors (Lipinski definition) is 2. The van der Waals surface area contributed by atoms with Crippen molar-refractivity contribution in [1.82, 2.24) is 0 Å². The molecule has 0 bridgehead atoms. The van der Waals surface area contributed by atoms with Crippen LogP contribution in [0.15, 0.2) is 36.9 Å². The first kappa shape index (κ1) is 15.3. The van der Waals surface area contributed by atoms with Crippen molar-refractivity contribution < 1.29 is 10.0 Å². The summed E-state index contributed by atoms with van der Waals surface area (Å²) < 4.78 is 0. The van der Waals surface area contributed by atoms with Crippen molar-refractivity contribution >= 4 is 7.12 Å². The summed E-state index contributed by atoms with van der Waals surface area (Å²) in [4.78, 5) is 0. The molecule has 0 saturated heterocycles. The first-order valence-corrected chi connectivity index (χ1v) is 7.73. The van der Waals surface area contributed by atoms with E-state index in [1.165, 1.54) is 43.2 Å². The molecule has 1 aliphatic carbocycles. The van der Waals surface area contributed by atoms with Gasteiger partial charge < -0.3 is 10.0 Å². The van der Waals surface area contributed by atoms with Gasteiger partial charge in [0.25, 0.3) is 0 Å². The molecular weight excluding hydrogens is 247 g/mol. The van der Waals surface area contributed by atoms with Gasteiger partial charge in [-0.05, 0) is 48.5 Å². The van der Waals surface area contributed by atoms with Crippen molar-refractivity contribution in [2.75, 3.05) is 0 Å². The maximum atomic E-state index is 8.93. The highest BCUT2D eigenvalue weighted by atomic mass is 16.4. The van der Waals surface area contributed by atoms with Crippen LogP contribution in [0.1, 0.15) is 49.7 Å². The van der Waals surface area contributed by atoms with Gasteiger partial charge in [-0.3, -0.25) is 0 Å². The molecule has 1 aromatic carbocycles. The Kier molecular flexibility index (Phi) is 5.44. The fourth-order valence-electron chi connectivity index (χ4n) is 3.44. The third-order valence-electron chi connectivity index (χ3n) is 4.60. The van der Waals surface area contributed by atoms with Crippen molar-refractivity contribution in [3.63, 3.8) is 0 Å². The summed E-state index contributed by atoms with van der Waals surface area (Å²) in [5.41, 5.74) is 2.88. The smallest absolute Gasteiger partial charge is 0.427 e. The number of benzene rings is 1. The number of aryl methyl sites for hydroxylation is 1. The molecule has 0 heterocycles. The molecule has 0 aromatic heterocycles. The predicted octanol–water partition coefficient (Wildman–Crippen LogP) is 3.48. The van der Waals surface area contributed by atoms with E-state index in [4.69, 9.17) is 10.0 Å². The highest BCUT2D eigenvalue weighted by Gasteiger charge is 2.32. The largest absolute Gasteiger partial charge is 0.451 e. The van der Waals surface area contributed by atoms with Crippen LogP contribution in [0.4, 0.5) is 0 Å². The quantitative estimate of drug-likeness (QED) is 0.615. The van der Waals surface area contributed by atoms with Gasteiger partial charge in [0, 0.05) is 0 Å². The number of allylic oxidation sites excluding steroid dienone is 1. The van der Waals surface area contributed by atoms with Gasteiger partial charge in [-0.25, -0.2) is 0 Å². The second-order valence-corrected chi connectivity index (χ2v) is 6.05. The molecule has 0 spiro atoms. The lowest BCUT2D eigenvalue weighted by Crippen LogP contribution is -2.28. The third kappa shape index (κ3) is 3.74. The molecule has 2 nitrogen and oxygen atoms in total. The normalized spacial score (nSPS) is 17.7. The maximum absolute atomic E-state index is 8.93. The predicted molar refractivity (Wildman–Crippen MR) is 84.7 cm³/mol. The SMILES string of the molecule is C=CCC1(c2ccc(CCB(O)O)cc2)CCCCC1. The van der Waals surface area contributed by atoms with Crippen molar-refractivity contribution in [2.45, 2.75) is 56.7 Å². The van der Waals surface area contributed by atoms with Gasteiger partial charge in [0.05, 0.1) is 0 Å². The van der Waals surface area contributed by atoms with E-state index in [0.29, 0.717) is 12.7 Å². The zero-order valence-electron chi connectivity index (χ0n) is 12.2. The molecule has 0 amide bonds. The third-order valence-corrected chi connectivity index (χ3v) is 4.60. The van der Waals surface area contributed by atoms with E-state index in [0.717, 1.165) is 6.42 Å². The average molecular weight is 272 g/mol. The Morgan fingerprint density at radius 2 is 1.75 bits per heavy atom. The maximum Gasteiger partial charge on any atom is 0.451 e. The molecule has 0 unspecified atom stereocenters. The zero-order valence-corrected chi connectivity index (χ0v) is 12.2. The van der Waals surface area contributed by atoms with E-state index in [-0.39, 0.29) is 5.41 Å². The molecule has 3 heteroatoms. The summed E-state index contributed by atoms with van der Waals surface area (Å²) in [7, 11) is -1.21. The monoisotopic (exact) mass is 272 g/mol. The van der Waals surface area contributed by atoms with Gasteiger partial charge in [-0.1, -0.05) is 49.6 Å². The lowest BCUT2D eigenvalue weighted by atomic mass is 9.67. The van der Waals surface area contributed by atoms with E-state index in [1.54, 1.807) is 0 Å². The van der Waals surface area contributed by atoms with Crippen LogP contribution in [0, 0.1) is 0 Å². The number of hydrogen-bond acceptors (Lipinski definition) is 2. The van der Waals surface area contributed by atoms with Crippen LogP contribution in [0.5, 0.6) is 0 Å². The lowest BCUT2D eigenvalue weighted by Gasteiger charge is -2.37. The molecule has 20 heavy (non-hydrogen) atoms. The molecule has 0 atom stereocenters. The Balaban J connectivity index is 2.11. The van der Waals surface area contributed by atoms with Crippen molar-refractivity contribution in [2.24, 2.45) is 0 Å². The molecule has 108 valence electrons. The summed E-state index contributed by atoms with van der Waals surface area (Å²) >= 11 is 0. The number of rotatable bonds is 6. The summed E-state index contributed by atoms with van der Waals surface area (Å²) in [5.74, 6) is 0. The molecular formula is C17H25BO2. The van der Waals surface area contributed by atoms with Gasteiger partial charge in [-0.15, -0.1) is 6.58 Å². The second-order valence-electron chi connectivity index (χ2n) is 6.05. The van der Waals surface area contributed by atoms with E-state index in [9.17, 15) is 0 Å². The molecule has 1 fully saturated rings. The van der Waals surface area contributed by atoms with Crippen molar-refractivity contribution in [1.29, 1.82) is 0 Å². The van der Waals surface area contributed by atoms with Gasteiger partial charge in [-0.2, -0.15) is 0 Å². The standard InChI is InChI=1S/C17H25BO2/c1-2-11-17(12-4-3-5-13-17)16-8-6-15(7-9-16)10-14-18(19)20/h2,6-9,19-20H,1,3-5,10-14H2. The summed E-state index contributed by atoms with van der Waals surface area (Å²) in [6.07, 6.45) is 10.7. The minimum Gasteiger partial charge on any atom is -0.427 e. The van der Waals surface area contributed by atoms with E-state index >= 15 is 0 Å². The highest BCUT2D eigenvalue weighted by molar-refractivity contribution is 6.40. The van der Waals surface area contributed by atoms with Crippen LogP contribution in [0.3, 0.4) is 0 Å². The molecule has 0 radical (unpaired) electrons. The topological polar surface area (TPSA) is 40.5 Å². The Hall–Kier alpha value is -1.06. The van der Waals surface area contributed by atoms with Crippen LogP contribution in [0.25, 0.3) is 0 Å². The lowest BCUT2D eigenvalue weighted by molar-refractivity contribution is 0.295. The summed E-state index contributed by atoms with van der Waals surface area (Å²) in [5, 5.41) is 17.9. The van der Waals surface area contributed by atoms with E-state index in [1.807, 2.05) is 0 Å².